The lowest BCUT2D eigenvalue weighted by molar-refractivity contribution is -0.118. The Morgan fingerprint density at radius 1 is 1.35 bits per heavy atom. The van der Waals surface area contributed by atoms with Gasteiger partial charge in [-0.05, 0) is 18.6 Å². The summed E-state index contributed by atoms with van der Waals surface area (Å²) in [6, 6.07) is 8.33. The van der Waals surface area contributed by atoms with Gasteiger partial charge in [0.2, 0.25) is 5.91 Å². The number of hydrazone groups is 1. The average molecular weight is 293 g/mol. The highest BCUT2D eigenvalue weighted by Crippen LogP contribution is 2.30. The van der Waals surface area contributed by atoms with Crippen LogP contribution in [-0.2, 0) is 4.79 Å². The van der Waals surface area contributed by atoms with Crippen molar-refractivity contribution in [3.05, 3.63) is 41.1 Å². The summed E-state index contributed by atoms with van der Waals surface area (Å²) in [5.41, 5.74) is 8.34. The van der Waals surface area contributed by atoms with Crippen LogP contribution in [0.25, 0.3) is 0 Å². The van der Waals surface area contributed by atoms with Gasteiger partial charge in [0, 0.05) is 17.7 Å². The molecule has 0 bridgehead atoms. The van der Waals surface area contributed by atoms with Gasteiger partial charge >= 0.3 is 6.03 Å². The minimum atomic E-state index is -0.759. The van der Waals surface area contributed by atoms with E-state index in [1.54, 1.807) is 12.1 Å². The first-order valence-electron chi connectivity index (χ1n) is 5.94. The number of rotatable bonds is 3. The molecule has 1 aromatic rings. The highest BCUT2D eigenvalue weighted by Gasteiger charge is 2.26. The summed E-state index contributed by atoms with van der Waals surface area (Å²) in [5.74, 6) is -0.0822. The number of allylic oxidation sites excluding steroid dienone is 1. The number of amides is 3. The summed E-state index contributed by atoms with van der Waals surface area (Å²) in [6.07, 6.45) is 2.18. The number of halogens is 1. The number of carbonyl (C=O) groups is 2. The molecule has 0 saturated heterocycles. The van der Waals surface area contributed by atoms with Crippen molar-refractivity contribution < 1.29 is 9.59 Å². The topological polar surface area (TPSA) is 87.8 Å². The lowest BCUT2D eigenvalue weighted by Crippen LogP contribution is -2.33. The second-order valence-electron chi connectivity index (χ2n) is 4.11. The minimum absolute atomic E-state index is 0.0822. The number of nitrogens with one attached hydrogen (secondary N) is 1. The zero-order chi connectivity index (χ0) is 14.5. The smallest absolute Gasteiger partial charge is 0.332 e. The zero-order valence-electron chi connectivity index (χ0n) is 10.5. The van der Waals surface area contributed by atoms with Crippen LogP contribution in [0, 0.1) is 0 Å². The summed E-state index contributed by atoms with van der Waals surface area (Å²) in [4.78, 5) is 24.0. The van der Waals surface area contributed by atoms with E-state index in [2.05, 4.69) is 10.5 Å². The van der Waals surface area contributed by atoms with Crippen LogP contribution in [0.1, 0.15) is 12.8 Å². The van der Waals surface area contributed by atoms with Crippen LogP contribution >= 0.6 is 11.6 Å². The molecule has 3 N–H and O–H groups in total. The van der Waals surface area contributed by atoms with Crippen molar-refractivity contribution in [1.29, 1.82) is 0 Å². The Bertz CT molecular complexity index is 583. The molecule has 2 rings (SSSR count). The molecule has 0 spiro atoms. The van der Waals surface area contributed by atoms with Crippen LogP contribution < -0.4 is 16.1 Å². The van der Waals surface area contributed by atoms with Crippen molar-refractivity contribution >= 4 is 35.4 Å². The largest absolute Gasteiger partial charge is 0.350 e. The van der Waals surface area contributed by atoms with Gasteiger partial charge in [0.1, 0.15) is 5.16 Å². The van der Waals surface area contributed by atoms with Crippen LogP contribution in [0.5, 0.6) is 0 Å². The molecule has 3 amide bonds. The third kappa shape index (κ3) is 3.16. The molecule has 6 nitrogen and oxygen atoms in total. The van der Waals surface area contributed by atoms with E-state index in [0.717, 1.165) is 0 Å². The molecule has 1 aliphatic rings. The van der Waals surface area contributed by atoms with E-state index >= 15 is 0 Å². The third-order valence-corrected chi connectivity index (χ3v) is 3.14. The molecule has 0 fully saturated rings. The van der Waals surface area contributed by atoms with Gasteiger partial charge in [-0.25, -0.2) is 10.2 Å². The predicted octanol–water partition coefficient (Wildman–Crippen LogP) is 1.92. The van der Waals surface area contributed by atoms with E-state index in [0.29, 0.717) is 24.1 Å². The predicted molar refractivity (Wildman–Crippen MR) is 77.3 cm³/mol. The second-order valence-corrected chi connectivity index (χ2v) is 4.47. The van der Waals surface area contributed by atoms with Crippen molar-refractivity contribution in [2.24, 2.45) is 10.8 Å². The highest BCUT2D eigenvalue weighted by atomic mass is 35.5. The molecule has 1 heterocycles. The van der Waals surface area contributed by atoms with Crippen molar-refractivity contribution in [2.45, 2.75) is 12.8 Å². The maximum atomic E-state index is 12.0. The zero-order valence-corrected chi connectivity index (χ0v) is 11.3. The van der Waals surface area contributed by atoms with E-state index in [9.17, 15) is 9.59 Å². The Labute approximate surface area is 120 Å². The molecule has 0 radical (unpaired) electrons. The number of hydrogen-bond donors (Lipinski definition) is 2. The maximum Gasteiger partial charge on any atom is 0.332 e. The SMILES string of the molecule is NC(=O)N/N=C/C1=C(Cl)N(c2ccccc2)C(=O)CC1. The van der Waals surface area contributed by atoms with Crippen molar-refractivity contribution in [2.75, 3.05) is 4.90 Å². The summed E-state index contributed by atoms with van der Waals surface area (Å²) < 4.78 is 0. The van der Waals surface area contributed by atoms with Crippen LogP contribution in [0.15, 0.2) is 46.2 Å². The van der Waals surface area contributed by atoms with Crippen molar-refractivity contribution in [3.63, 3.8) is 0 Å². The molecule has 1 aromatic carbocycles. The fourth-order valence-electron chi connectivity index (χ4n) is 1.84. The fourth-order valence-corrected chi connectivity index (χ4v) is 2.17. The van der Waals surface area contributed by atoms with Gasteiger partial charge in [0.25, 0.3) is 0 Å². The normalized spacial score (nSPS) is 15.8. The first kappa shape index (κ1) is 14.1. The Balaban J connectivity index is 2.29. The quantitative estimate of drug-likeness (QED) is 0.506. The van der Waals surface area contributed by atoms with E-state index in [1.165, 1.54) is 11.1 Å². The van der Waals surface area contributed by atoms with E-state index in [1.807, 2.05) is 18.2 Å². The number of nitrogens with two attached hydrogens (primary N) is 1. The molecule has 7 heteroatoms. The molecular formula is C13H13ClN4O2. The lowest BCUT2D eigenvalue weighted by Gasteiger charge is -2.27. The first-order chi connectivity index (χ1) is 9.59. The summed E-state index contributed by atoms with van der Waals surface area (Å²) in [6.45, 7) is 0. The van der Waals surface area contributed by atoms with Crippen LogP contribution in [0.4, 0.5) is 10.5 Å². The number of nitrogens with zero attached hydrogens (tertiary/aromatic N) is 2. The number of hydrogen-bond acceptors (Lipinski definition) is 3. The Morgan fingerprint density at radius 3 is 2.70 bits per heavy atom. The molecule has 0 atom stereocenters. The fraction of sp³-hybridized carbons (Fsp3) is 0.154. The number of anilines is 1. The Kier molecular flexibility index (Phi) is 4.37. The molecule has 0 aliphatic carbocycles. The van der Waals surface area contributed by atoms with Crippen LogP contribution in [0.3, 0.4) is 0 Å². The van der Waals surface area contributed by atoms with Gasteiger partial charge in [-0.1, -0.05) is 29.8 Å². The van der Waals surface area contributed by atoms with Gasteiger partial charge in [-0.3, -0.25) is 9.69 Å². The number of urea groups is 1. The molecule has 0 unspecified atom stereocenters. The molecule has 0 aromatic heterocycles. The van der Waals surface area contributed by atoms with Gasteiger partial charge in [-0.2, -0.15) is 5.10 Å². The lowest BCUT2D eigenvalue weighted by atomic mass is 10.1. The van der Waals surface area contributed by atoms with Crippen LogP contribution in [0.2, 0.25) is 0 Å². The second kappa shape index (κ2) is 6.21. The average Bonchev–Trinajstić information content (AvgIpc) is 2.42. The van der Waals surface area contributed by atoms with Gasteiger partial charge in [0.05, 0.1) is 6.21 Å². The summed E-state index contributed by atoms with van der Waals surface area (Å²) in [7, 11) is 0. The molecule has 1 aliphatic heterocycles. The van der Waals surface area contributed by atoms with E-state index < -0.39 is 6.03 Å². The van der Waals surface area contributed by atoms with Crippen molar-refractivity contribution in [1.82, 2.24) is 5.43 Å². The van der Waals surface area contributed by atoms with Gasteiger partial charge in [-0.15, -0.1) is 0 Å². The van der Waals surface area contributed by atoms with Crippen molar-refractivity contribution in [3.8, 4) is 0 Å². The maximum absolute atomic E-state index is 12.0. The highest BCUT2D eigenvalue weighted by molar-refractivity contribution is 6.35. The third-order valence-electron chi connectivity index (χ3n) is 2.73. The molecule has 20 heavy (non-hydrogen) atoms. The standard InChI is InChI=1S/C13H13ClN4O2/c14-12-9(8-16-17-13(15)20)6-7-11(19)18(12)10-4-2-1-3-5-10/h1-5,8H,6-7H2,(H3,15,17,20)/b16-8+. The number of para-hydroxylation sites is 1. The first-order valence-corrected chi connectivity index (χ1v) is 6.32. The Morgan fingerprint density at radius 2 is 2.05 bits per heavy atom. The number of carbonyl (C=O) groups excluding carboxylic acids is 2. The molecule has 0 saturated carbocycles. The van der Waals surface area contributed by atoms with E-state index in [4.69, 9.17) is 17.3 Å². The summed E-state index contributed by atoms with van der Waals surface area (Å²) >= 11 is 6.24. The van der Waals surface area contributed by atoms with Gasteiger partial charge < -0.3 is 5.73 Å². The van der Waals surface area contributed by atoms with Crippen LogP contribution in [-0.4, -0.2) is 18.2 Å². The van der Waals surface area contributed by atoms with E-state index in [-0.39, 0.29) is 11.1 Å². The molecule has 104 valence electrons. The van der Waals surface area contributed by atoms with Gasteiger partial charge in [0.15, 0.2) is 0 Å². The number of benzene rings is 1. The Hall–Kier alpha value is -2.34. The monoisotopic (exact) mass is 292 g/mol. The molecular weight excluding hydrogens is 280 g/mol. The number of primary amides is 1. The minimum Gasteiger partial charge on any atom is -0.350 e. The summed E-state index contributed by atoms with van der Waals surface area (Å²) in [5, 5.41) is 3.95.